The monoisotopic (exact) mass is 296 g/mol. The van der Waals surface area contributed by atoms with Gasteiger partial charge in [-0.2, -0.15) is 0 Å². The van der Waals surface area contributed by atoms with E-state index in [1.54, 1.807) is 0 Å². The van der Waals surface area contributed by atoms with Crippen LogP contribution in [0.2, 0.25) is 0 Å². The lowest BCUT2D eigenvalue weighted by Gasteiger charge is -2.27. The Morgan fingerprint density at radius 2 is 2.00 bits per heavy atom. The molecule has 0 amide bonds. The highest BCUT2D eigenvalue weighted by Crippen LogP contribution is 2.39. The molecule has 2 rings (SSSR count). The lowest BCUT2D eigenvalue weighted by molar-refractivity contribution is 0.237. The Morgan fingerprint density at radius 1 is 1.24 bits per heavy atom. The molecule has 1 nitrogen and oxygen atoms in total. The van der Waals surface area contributed by atoms with Crippen LogP contribution < -0.4 is 4.74 Å². The van der Waals surface area contributed by atoms with Crippen molar-refractivity contribution in [3.63, 3.8) is 0 Å². The molecule has 1 saturated carbocycles. The molecule has 0 saturated heterocycles. The molecule has 1 aromatic carbocycles. The molecule has 1 aromatic rings. The number of halogens is 1. The molecule has 1 aliphatic carbocycles. The van der Waals surface area contributed by atoms with Gasteiger partial charge in [0.15, 0.2) is 0 Å². The predicted molar refractivity (Wildman–Crippen MR) is 76.1 cm³/mol. The number of hydrogen-bond acceptors (Lipinski definition) is 1. The predicted octanol–water partition coefficient (Wildman–Crippen LogP) is 4.89. The quantitative estimate of drug-likeness (QED) is 0.721. The van der Waals surface area contributed by atoms with Crippen LogP contribution in [0.25, 0.3) is 0 Å². The van der Waals surface area contributed by atoms with E-state index in [9.17, 15) is 0 Å². The van der Waals surface area contributed by atoms with Gasteiger partial charge in [-0.15, -0.1) is 0 Å². The maximum atomic E-state index is 5.92. The molecule has 0 spiro atoms. The van der Waals surface area contributed by atoms with Crippen LogP contribution in [0.1, 0.15) is 51.0 Å². The molecule has 0 bridgehead atoms. The van der Waals surface area contributed by atoms with Crippen LogP contribution in [-0.2, 0) is 0 Å². The topological polar surface area (TPSA) is 9.23 Å². The molecular formula is C15H21BrO. The first kappa shape index (κ1) is 12.9. The smallest absolute Gasteiger partial charge is 0.123 e. The molecule has 0 N–H and O–H groups in total. The van der Waals surface area contributed by atoms with Crippen LogP contribution in [0.15, 0.2) is 24.3 Å². The molecule has 2 heteroatoms. The fourth-order valence-corrected chi connectivity index (χ4v) is 3.37. The molecule has 1 aliphatic rings. The zero-order valence-corrected chi connectivity index (χ0v) is 12.2. The van der Waals surface area contributed by atoms with Gasteiger partial charge in [0.25, 0.3) is 0 Å². The minimum Gasteiger partial charge on any atom is -0.491 e. The van der Waals surface area contributed by atoms with Crippen LogP contribution >= 0.6 is 15.9 Å². The van der Waals surface area contributed by atoms with E-state index in [1.165, 1.54) is 31.2 Å². The largest absolute Gasteiger partial charge is 0.491 e. The Bertz CT molecular complexity index is 362. The van der Waals surface area contributed by atoms with E-state index in [2.05, 4.69) is 54.0 Å². The molecule has 94 valence electrons. The third-order valence-corrected chi connectivity index (χ3v) is 4.16. The summed E-state index contributed by atoms with van der Waals surface area (Å²) in [6.45, 7) is 4.18. The molecule has 17 heavy (non-hydrogen) atoms. The lowest BCUT2D eigenvalue weighted by atomic mass is 9.83. The Kier molecular flexibility index (Phi) is 4.49. The first-order valence-corrected chi connectivity index (χ1v) is 7.48. The molecule has 0 radical (unpaired) electrons. The Morgan fingerprint density at radius 3 is 2.71 bits per heavy atom. The van der Waals surface area contributed by atoms with Crippen molar-refractivity contribution >= 4 is 15.9 Å². The van der Waals surface area contributed by atoms with Crippen LogP contribution in [0.3, 0.4) is 0 Å². The van der Waals surface area contributed by atoms with Crippen molar-refractivity contribution in [1.29, 1.82) is 0 Å². The van der Waals surface area contributed by atoms with Crippen molar-refractivity contribution in [3.8, 4) is 5.75 Å². The Hall–Kier alpha value is -0.500. The van der Waals surface area contributed by atoms with Crippen LogP contribution in [-0.4, -0.2) is 10.9 Å². The minimum atomic E-state index is 0.250. The Balaban J connectivity index is 2.18. The first-order valence-electron chi connectivity index (χ1n) is 6.56. The van der Waals surface area contributed by atoms with Crippen LogP contribution in [0.5, 0.6) is 5.75 Å². The standard InChI is InChI=1S/C15H21BrO/c1-11(2)17-15-9-4-3-8-14(15)12-6-5-7-13(16)10-12/h3-4,8-9,11-13H,5-7,10H2,1-2H3. The van der Waals surface area contributed by atoms with E-state index in [1.807, 2.05) is 0 Å². The highest BCUT2D eigenvalue weighted by Gasteiger charge is 2.23. The van der Waals surface area contributed by atoms with Gasteiger partial charge in [0.05, 0.1) is 6.10 Å². The van der Waals surface area contributed by atoms with Gasteiger partial charge in [0.2, 0.25) is 0 Å². The second-order valence-electron chi connectivity index (χ2n) is 5.17. The number of benzene rings is 1. The highest BCUT2D eigenvalue weighted by molar-refractivity contribution is 9.09. The van der Waals surface area contributed by atoms with Gasteiger partial charge in [-0.3, -0.25) is 0 Å². The average Bonchev–Trinajstić information content (AvgIpc) is 2.29. The maximum Gasteiger partial charge on any atom is 0.123 e. The zero-order chi connectivity index (χ0) is 12.3. The highest BCUT2D eigenvalue weighted by atomic mass is 79.9. The number of rotatable bonds is 3. The number of hydrogen-bond donors (Lipinski definition) is 0. The third kappa shape index (κ3) is 3.48. The molecule has 2 atom stereocenters. The van der Waals surface area contributed by atoms with Gasteiger partial charge in [-0.1, -0.05) is 40.5 Å². The summed E-state index contributed by atoms with van der Waals surface area (Å²) in [6, 6.07) is 8.52. The van der Waals surface area contributed by atoms with Crippen molar-refractivity contribution in [2.24, 2.45) is 0 Å². The molecule has 1 fully saturated rings. The van der Waals surface area contributed by atoms with E-state index in [-0.39, 0.29) is 6.10 Å². The Labute approximate surface area is 113 Å². The number of ether oxygens (including phenoxy) is 1. The molecule has 0 aliphatic heterocycles. The summed E-state index contributed by atoms with van der Waals surface area (Å²) >= 11 is 3.76. The van der Waals surface area contributed by atoms with Gasteiger partial charge in [0, 0.05) is 4.83 Å². The second-order valence-corrected chi connectivity index (χ2v) is 6.46. The van der Waals surface area contributed by atoms with Crippen molar-refractivity contribution < 1.29 is 4.74 Å². The van der Waals surface area contributed by atoms with E-state index in [0.29, 0.717) is 10.7 Å². The van der Waals surface area contributed by atoms with E-state index in [4.69, 9.17) is 4.74 Å². The van der Waals surface area contributed by atoms with Crippen molar-refractivity contribution in [2.75, 3.05) is 0 Å². The normalized spacial score (nSPS) is 24.9. The van der Waals surface area contributed by atoms with Crippen LogP contribution in [0, 0.1) is 0 Å². The fourth-order valence-electron chi connectivity index (χ4n) is 2.59. The van der Waals surface area contributed by atoms with Gasteiger partial charge >= 0.3 is 0 Å². The van der Waals surface area contributed by atoms with E-state index >= 15 is 0 Å². The molecular weight excluding hydrogens is 276 g/mol. The molecule has 2 unspecified atom stereocenters. The summed E-state index contributed by atoms with van der Waals surface area (Å²) in [5, 5.41) is 0. The zero-order valence-electron chi connectivity index (χ0n) is 10.7. The van der Waals surface area contributed by atoms with Crippen molar-refractivity contribution in [1.82, 2.24) is 0 Å². The maximum absolute atomic E-state index is 5.92. The lowest BCUT2D eigenvalue weighted by Crippen LogP contribution is -2.15. The summed E-state index contributed by atoms with van der Waals surface area (Å²) in [7, 11) is 0. The van der Waals surface area contributed by atoms with Crippen molar-refractivity contribution in [3.05, 3.63) is 29.8 Å². The number of alkyl halides is 1. The minimum absolute atomic E-state index is 0.250. The molecule has 0 aromatic heterocycles. The third-order valence-electron chi connectivity index (χ3n) is 3.33. The SMILES string of the molecule is CC(C)Oc1ccccc1C1CCCC(Br)C1. The summed E-state index contributed by atoms with van der Waals surface area (Å²) in [6.07, 6.45) is 5.40. The first-order chi connectivity index (χ1) is 8.16. The summed E-state index contributed by atoms with van der Waals surface area (Å²) in [5.41, 5.74) is 1.39. The van der Waals surface area contributed by atoms with E-state index < -0.39 is 0 Å². The molecule has 0 heterocycles. The summed E-state index contributed by atoms with van der Waals surface area (Å²) in [5.74, 6) is 1.73. The number of para-hydroxylation sites is 1. The average molecular weight is 297 g/mol. The van der Waals surface area contributed by atoms with Gasteiger partial charge < -0.3 is 4.74 Å². The van der Waals surface area contributed by atoms with Crippen LogP contribution in [0.4, 0.5) is 0 Å². The fraction of sp³-hybridized carbons (Fsp3) is 0.600. The second kappa shape index (κ2) is 5.90. The van der Waals surface area contributed by atoms with Crippen molar-refractivity contribution in [2.45, 2.75) is 56.4 Å². The van der Waals surface area contributed by atoms with Gasteiger partial charge in [-0.05, 0) is 50.7 Å². The van der Waals surface area contributed by atoms with Gasteiger partial charge in [0.1, 0.15) is 5.75 Å². The van der Waals surface area contributed by atoms with Gasteiger partial charge in [-0.25, -0.2) is 0 Å². The van der Waals surface area contributed by atoms with E-state index in [0.717, 1.165) is 5.75 Å². The summed E-state index contributed by atoms with van der Waals surface area (Å²) < 4.78 is 5.92. The summed E-state index contributed by atoms with van der Waals surface area (Å²) in [4.78, 5) is 0.674.